The van der Waals surface area contributed by atoms with Crippen molar-refractivity contribution in [2.75, 3.05) is 0 Å². The van der Waals surface area contributed by atoms with E-state index in [1.54, 1.807) is 4.68 Å². The van der Waals surface area contributed by atoms with Crippen molar-refractivity contribution in [3.63, 3.8) is 0 Å². The molecule has 4 heteroatoms. The smallest absolute Gasteiger partial charge is 0.0829 e. The van der Waals surface area contributed by atoms with Crippen molar-refractivity contribution >= 4 is 11.6 Å². The molecule has 0 spiro atoms. The normalized spacial score (nSPS) is 27.6. The van der Waals surface area contributed by atoms with Gasteiger partial charge in [-0.3, -0.25) is 4.68 Å². The summed E-state index contributed by atoms with van der Waals surface area (Å²) >= 11 is 6.25. The predicted molar refractivity (Wildman–Crippen MR) is 60.9 cm³/mol. The van der Waals surface area contributed by atoms with Gasteiger partial charge in [-0.1, -0.05) is 24.5 Å². The quantitative estimate of drug-likeness (QED) is 0.574. The third kappa shape index (κ3) is 3.20. The lowest BCUT2D eigenvalue weighted by Crippen LogP contribution is -2.08. The van der Waals surface area contributed by atoms with Gasteiger partial charge in [0.25, 0.3) is 0 Å². The van der Waals surface area contributed by atoms with E-state index in [1.807, 2.05) is 13.2 Å². The molecule has 3 nitrogen and oxygen atoms in total. The van der Waals surface area contributed by atoms with Gasteiger partial charge in [0.2, 0.25) is 0 Å². The van der Waals surface area contributed by atoms with Gasteiger partial charge in [0.1, 0.15) is 0 Å². The fourth-order valence-electron chi connectivity index (χ4n) is 2.37. The molecular weight excluding hydrogens is 210 g/mol. The molecule has 0 amide bonds. The standard InChI is InChI=1S/C11H18ClN3/c1-15-8-11(13-14-15)7-9-4-2-3-5-10(12)6-9/h8-10H,2-7H2,1H3. The average molecular weight is 228 g/mol. The molecule has 2 rings (SSSR count). The third-order valence-electron chi connectivity index (χ3n) is 3.12. The Kier molecular flexibility index (Phi) is 3.62. The molecule has 2 unspecified atom stereocenters. The lowest BCUT2D eigenvalue weighted by molar-refractivity contribution is 0.455. The van der Waals surface area contributed by atoms with Crippen LogP contribution in [0.2, 0.25) is 0 Å². The molecule has 1 aliphatic rings. The largest absolute Gasteiger partial charge is 0.255 e. The molecule has 0 aliphatic heterocycles. The zero-order valence-corrected chi connectivity index (χ0v) is 9.95. The molecule has 1 heterocycles. The number of alkyl halides is 1. The monoisotopic (exact) mass is 227 g/mol. The first-order chi connectivity index (χ1) is 7.24. The SMILES string of the molecule is Cn1cc(CC2CCCCC(Cl)C2)nn1. The van der Waals surface area contributed by atoms with E-state index in [4.69, 9.17) is 11.6 Å². The van der Waals surface area contributed by atoms with E-state index in [-0.39, 0.29) is 0 Å². The molecule has 1 aliphatic carbocycles. The molecule has 1 fully saturated rings. The van der Waals surface area contributed by atoms with Crippen molar-refractivity contribution in [3.8, 4) is 0 Å². The van der Waals surface area contributed by atoms with Crippen LogP contribution in [0.3, 0.4) is 0 Å². The van der Waals surface area contributed by atoms with Gasteiger partial charge in [-0.05, 0) is 25.2 Å². The highest BCUT2D eigenvalue weighted by molar-refractivity contribution is 6.20. The summed E-state index contributed by atoms with van der Waals surface area (Å²) in [7, 11) is 1.91. The summed E-state index contributed by atoms with van der Waals surface area (Å²) < 4.78 is 1.77. The van der Waals surface area contributed by atoms with Crippen LogP contribution in [-0.4, -0.2) is 20.4 Å². The van der Waals surface area contributed by atoms with Gasteiger partial charge in [-0.2, -0.15) is 0 Å². The van der Waals surface area contributed by atoms with Crippen LogP contribution in [0.5, 0.6) is 0 Å². The van der Waals surface area contributed by atoms with Gasteiger partial charge in [-0.15, -0.1) is 16.7 Å². The maximum atomic E-state index is 6.25. The molecule has 84 valence electrons. The fourth-order valence-corrected chi connectivity index (χ4v) is 2.77. The lowest BCUT2D eigenvalue weighted by Gasteiger charge is -2.13. The summed E-state index contributed by atoms with van der Waals surface area (Å²) in [6.45, 7) is 0. The van der Waals surface area contributed by atoms with Crippen molar-refractivity contribution in [1.29, 1.82) is 0 Å². The van der Waals surface area contributed by atoms with Crippen molar-refractivity contribution in [2.24, 2.45) is 13.0 Å². The summed E-state index contributed by atoms with van der Waals surface area (Å²) in [5.41, 5.74) is 1.10. The van der Waals surface area contributed by atoms with E-state index in [2.05, 4.69) is 10.3 Å². The molecule has 0 saturated heterocycles. The van der Waals surface area contributed by atoms with E-state index < -0.39 is 0 Å². The molecule has 0 radical (unpaired) electrons. The van der Waals surface area contributed by atoms with Gasteiger partial charge >= 0.3 is 0 Å². The third-order valence-corrected chi connectivity index (χ3v) is 3.51. The van der Waals surface area contributed by atoms with E-state index in [0.717, 1.165) is 18.5 Å². The highest BCUT2D eigenvalue weighted by Gasteiger charge is 2.19. The Hall–Kier alpha value is -0.570. The minimum Gasteiger partial charge on any atom is -0.255 e. The van der Waals surface area contributed by atoms with E-state index >= 15 is 0 Å². The Labute approximate surface area is 95.8 Å². The number of rotatable bonds is 2. The van der Waals surface area contributed by atoms with Crippen molar-refractivity contribution in [1.82, 2.24) is 15.0 Å². The zero-order valence-electron chi connectivity index (χ0n) is 9.19. The summed E-state index contributed by atoms with van der Waals surface area (Å²) in [4.78, 5) is 0. The Morgan fingerprint density at radius 1 is 1.47 bits per heavy atom. The molecule has 15 heavy (non-hydrogen) atoms. The van der Waals surface area contributed by atoms with Crippen LogP contribution in [0.1, 0.15) is 37.8 Å². The van der Waals surface area contributed by atoms with Crippen molar-refractivity contribution in [2.45, 2.75) is 43.9 Å². The summed E-state index contributed by atoms with van der Waals surface area (Å²) in [6, 6.07) is 0. The fraction of sp³-hybridized carbons (Fsp3) is 0.818. The molecule has 0 aromatic carbocycles. The molecule has 0 bridgehead atoms. The summed E-state index contributed by atoms with van der Waals surface area (Å²) in [5.74, 6) is 0.701. The van der Waals surface area contributed by atoms with Gasteiger partial charge in [0.05, 0.1) is 5.69 Å². The Balaban J connectivity index is 1.92. The number of halogens is 1. The topological polar surface area (TPSA) is 30.7 Å². The summed E-state index contributed by atoms with van der Waals surface area (Å²) in [5, 5.41) is 8.46. The van der Waals surface area contributed by atoms with E-state index in [0.29, 0.717) is 11.3 Å². The van der Waals surface area contributed by atoms with Crippen molar-refractivity contribution in [3.05, 3.63) is 11.9 Å². The van der Waals surface area contributed by atoms with Gasteiger partial charge < -0.3 is 0 Å². The van der Waals surface area contributed by atoms with Gasteiger partial charge in [-0.25, -0.2) is 0 Å². The van der Waals surface area contributed by atoms with E-state index in [9.17, 15) is 0 Å². The van der Waals surface area contributed by atoms with Crippen LogP contribution >= 0.6 is 11.6 Å². The molecule has 2 atom stereocenters. The second-order valence-electron chi connectivity index (χ2n) is 4.57. The maximum absolute atomic E-state index is 6.25. The van der Waals surface area contributed by atoms with Crippen LogP contribution in [0.25, 0.3) is 0 Å². The number of hydrogen-bond acceptors (Lipinski definition) is 2. The van der Waals surface area contributed by atoms with E-state index in [1.165, 1.54) is 25.7 Å². The number of hydrogen-bond donors (Lipinski definition) is 0. The van der Waals surface area contributed by atoms with Crippen LogP contribution in [-0.2, 0) is 13.5 Å². The van der Waals surface area contributed by atoms with Crippen LogP contribution in [0.4, 0.5) is 0 Å². The Bertz CT molecular complexity index is 311. The summed E-state index contributed by atoms with van der Waals surface area (Å²) in [6.07, 6.45) is 9.25. The van der Waals surface area contributed by atoms with Gasteiger partial charge in [0.15, 0.2) is 0 Å². The molecule has 1 saturated carbocycles. The maximum Gasteiger partial charge on any atom is 0.0829 e. The number of aryl methyl sites for hydroxylation is 1. The molecule has 1 aromatic rings. The van der Waals surface area contributed by atoms with Crippen LogP contribution in [0, 0.1) is 5.92 Å². The number of aromatic nitrogens is 3. The highest BCUT2D eigenvalue weighted by atomic mass is 35.5. The van der Waals surface area contributed by atoms with Crippen LogP contribution in [0.15, 0.2) is 6.20 Å². The Morgan fingerprint density at radius 3 is 3.00 bits per heavy atom. The first-order valence-electron chi connectivity index (χ1n) is 5.73. The average Bonchev–Trinajstić information content (AvgIpc) is 2.46. The first-order valence-corrected chi connectivity index (χ1v) is 6.17. The number of nitrogens with zero attached hydrogens (tertiary/aromatic N) is 3. The minimum atomic E-state index is 0.370. The second-order valence-corrected chi connectivity index (χ2v) is 5.19. The van der Waals surface area contributed by atoms with Gasteiger partial charge in [0, 0.05) is 18.6 Å². The first kappa shape index (κ1) is 10.9. The predicted octanol–water partition coefficient (Wildman–Crippen LogP) is 2.55. The van der Waals surface area contributed by atoms with Crippen LogP contribution < -0.4 is 0 Å². The zero-order chi connectivity index (χ0) is 10.7. The van der Waals surface area contributed by atoms with Crippen molar-refractivity contribution < 1.29 is 0 Å². The minimum absolute atomic E-state index is 0.370. The highest BCUT2D eigenvalue weighted by Crippen LogP contribution is 2.28. The lowest BCUT2D eigenvalue weighted by atomic mass is 9.95. The molecular formula is C11H18ClN3. The Morgan fingerprint density at radius 2 is 2.27 bits per heavy atom. The molecule has 1 aromatic heterocycles. The molecule has 0 N–H and O–H groups in total. The second kappa shape index (κ2) is 4.97.